The van der Waals surface area contributed by atoms with Crippen molar-refractivity contribution in [3.8, 4) is 0 Å². The Labute approximate surface area is 140 Å². The molecule has 6 nitrogen and oxygen atoms in total. The smallest absolute Gasteiger partial charge is 0.294 e. The van der Waals surface area contributed by atoms with Gasteiger partial charge in [0.2, 0.25) is 5.91 Å². The largest absolute Gasteiger partial charge is 0.393 e. The van der Waals surface area contributed by atoms with Gasteiger partial charge in [0.15, 0.2) is 0 Å². The van der Waals surface area contributed by atoms with Gasteiger partial charge in [0.25, 0.3) is 5.69 Å². The lowest BCUT2D eigenvalue weighted by Gasteiger charge is -2.56. The van der Waals surface area contributed by atoms with E-state index in [-0.39, 0.29) is 22.7 Å². The van der Waals surface area contributed by atoms with Crippen LogP contribution in [0.4, 0.5) is 17.1 Å². The minimum absolute atomic E-state index is 0.0315. The van der Waals surface area contributed by atoms with Crippen molar-refractivity contribution in [3.05, 3.63) is 28.3 Å². The van der Waals surface area contributed by atoms with Crippen molar-refractivity contribution in [2.75, 3.05) is 11.1 Å². The molecule has 6 heteroatoms. The van der Waals surface area contributed by atoms with Crippen molar-refractivity contribution in [2.24, 2.45) is 23.2 Å². The number of carbonyl (C=O) groups excluding carboxylic acids is 1. The highest BCUT2D eigenvalue weighted by Crippen LogP contribution is 2.61. The first-order chi connectivity index (χ1) is 11.4. The first-order valence-electron chi connectivity index (χ1n) is 8.76. The SMILES string of the molecule is Nc1ccc(NC(=O)CC23CC4CC(CC(C4)C2)C3)cc1[N+](=O)[O-]. The number of carbonyl (C=O) groups is 1. The Morgan fingerprint density at radius 2 is 1.79 bits per heavy atom. The van der Waals surface area contributed by atoms with Crippen LogP contribution in [0.5, 0.6) is 0 Å². The number of anilines is 2. The Morgan fingerprint density at radius 1 is 1.21 bits per heavy atom. The fraction of sp³-hybridized carbons (Fsp3) is 0.611. The Morgan fingerprint density at radius 3 is 2.33 bits per heavy atom. The summed E-state index contributed by atoms with van der Waals surface area (Å²) in [6.45, 7) is 0. The zero-order valence-electron chi connectivity index (χ0n) is 13.7. The Balaban J connectivity index is 1.46. The molecule has 4 bridgehead atoms. The molecule has 0 heterocycles. The van der Waals surface area contributed by atoms with Crippen LogP contribution in [-0.2, 0) is 4.79 Å². The van der Waals surface area contributed by atoms with Crippen LogP contribution in [0.15, 0.2) is 18.2 Å². The summed E-state index contributed by atoms with van der Waals surface area (Å²) in [5.41, 5.74) is 6.16. The lowest BCUT2D eigenvalue weighted by molar-refractivity contribution is -0.383. The summed E-state index contributed by atoms with van der Waals surface area (Å²) in [6.07, 6.45) is 8.12. The van der Waals surface area contributed by atoms with Crippen LogP contribution < -0.4 is 11.1 Å². The molecule has 0 aromatic heterocycles. The van der Waals surface area contributed by atoms with Crippen LogP contribution in [0.3, 0.4) is 0 Å². The van der Waals surface area contributed by atoms with Gasteiger partial charge in [-0.2, -0.15) is 0 Å². The monoisotopic (exact) mass is 329 g/mol. The first kappa shape index (κ1) is 15.4. The van der Waals surface area contributed by atoms with Gasteiger partial charge in [0.1, 0.15) is 5.69 Å². The van der Waals surface area contributed by atoms with Gasteiger partial charge < -0.3 is 11.1 Å². The van der Waals surface area contributed by atoms with Crippen molar-refractivity contribution in [3.63, 3.8) is 0 Å². The van der Waals surface area contributed by atoms with E-state index in [9.17, 15) is 14.9 Å². The number of hydrogen-bond acceptors (Lipinski definition) is 4. The van der Waals surface area contributed by atoms with Gasteiger partial charge in [-0.3, -0.25) is 14.9 Å². The van der Waals surface area contributed by atoms with Crippen molar-refractivity contribution in [2.45, 2.75) is 44.9 Å². The standard InChI is InChI=1S/C18H23N3O3/c19-15-2-1-14(6-16(15)21(23)24)20-17(22)10-18-7-11-3-12(8-18)5-13(4-11)9-18/h1-2,6,11-13H,3-5,7-10,19H2,(H,20,22). The molecule has 5 rings (SSSR count). The molecule has 0 unspecified atom stereocenters. The number of nitro groups is 1. The highest BCUT2D eigenvalue weighted by Gasteiger charge is 2.51. The molecule has 0 spiro atoms. The second kappa shape index (κ2) is 5.46. The Hall–Kier alpha value is -2.11. The summed E-state index contributed by atoms with van der Waals surface area (Å²) in [6, 6.07) is 4.44. The molecule has 4 saturated carbocycles. The van der Waals surface area contributed by atoms with E-state index in [1.807, 2.05) is 0 Å². The summed E-state index contributed by atoms with van der Waals surface area (Å²) in [7, 11) is 0. The zero-order valence-corrected chi connectivity index (χ0v) is 13.7. The number of rotatable bonds is 4. The molecule has 24 heavy (non-hydrogen) atoms. The third kappa shape index (κ3) is 2.74. The second-order valence-electron chi connectivity index (χ2n) is 8.17. The minimum atomic E-state index is -0.524. The fourth-order valence-corrected chi connectivity index (χ4v) is 5.83. The van der Waals surface area contributed by atoms with Gasteiger partial charge in [-0.05, 0) is 73.8 Å². The normalized spacial score (nSPS) is 33.4. The molecule has 4 fully saturated rings. The van der Waals surface area contributed by atoms with Crippen LogP contribution in [0.25, 0.3) is 0 Å². The molecule has 1 aromatic carbocycles. The molecule has 1 amide bonds. The van der Waals surface area contributed by atoms with E-state index in [0.717, 1.165) is 17.8 Å². The topological polar surface area (TPSA) is 98.3 Å². The first-order valence-corrected chi connectivity index (χ1v) is 8.76. The number of nitrogen functional groups attached to an aromatic ring is 1. The van der Waals surface area contributed by atoms with Gasteiger partial charge in [-0.25, -0.2) is 0 Å². The van der Waals surface area contributed by atoms with Gasteiger partial charge in [0.05, 0.1) is 4.92 Å². The van der Waals surface area contributed by atoms with Crippen LogP contribution in [0.1, 0.15) is 44.9 Å². The summed E-state index contributed by atoms with van der Waals surface area (Å²) >= 11 is 0. The van der Waals surface area contributed by atoms with E-state index in [4.69, 9.17) is 5.73 Å². The summed E-state index contributed by atoms with van der Waals surface area (Å²) in [5.74, 6) is 2.39. The van der Waals surface area contributed by atoms with Gasteiger partial charge >= 0.3 is 0 Å². The van der Waals surface area contributed by atoms with E-state index in [1.54, 1.807) is 6.07 Å². The molecule has 0 aliphatic heterocycles. The number of nitrogens with zero attached hydrogens (tertiary/aromatic N) is 1. The van der Waals surface area contributed by atoms with E-state index in [2.05, 4.69) is 5.32 Å². The molecule has 0 atom stereocenters. The Bertz CT molecular complexity index is 665. The highest BCUT2D eigenvalue weighted by molar-refractivity contribution is 5.92. The number of nitrogens with one attached hydrogen (secondary N) is 1. The highest BCUT2D eigenvalue weighted by atomic mass is 16.6. The summed E-state index contributed by atoms with van der Waals surface area (Å²) in [5, 5.41) is 13.8. The molecule has 4 aliphatic carbocycles. The third-order valence-electron chi connectivity index (χ3n) is 6.21. The maximum absolute atomic E-state index is 12.6. The number of amides is 1. The number of hydrogen-bond donors (Lipinski definition) is 2. The predicted molar refractivity (Wildman–Crippen MR) is 91.4 cm³/mol. The molecule has 1 aromatic rings. The maximum Gasteiger partial charge on any atom is 0.294 e. The van der Waals surface area contributed by atoms with Crippen LogP contribution in [0.2, 0.25) is 0 Å². The molecule has 0 saturated heterocycles. The van der Waals surface area contributed by atoms with Crippen molar-refractivity contribution in [1.29, 1.82) is 0 Å². The van der Waals surface area contributed by atoms with Crippen LogP contribution >= 0.6 is 0 Å². The van der Waals surface area contributed by atoms with E-state index in [0.29, 0.717) is 12.1 Å². The zero-order chi connectivity index (χ0) is 16.9. The van der Waals surface area contributed by atoms with Crippen LogP contribution in [-0.4, -0.2) is 10.8 Å². The summed E-state index contributed by atoms with van der Waals surface area (Å²) < 4.78 is 0. The van der Waals surface area contributed by atoms with Gasteiger partial charge in [-0.1, -0.05) is 0 Å². The summed E-state index contributed by atoms with van der Waals surface area (Å²) in [4.78, 5) is 23.0. The van der Waals surface area contributed by atoms with E-state index >= 15 is 0 Å². The quantitative estimate of drug-likeness (QED) is 0.499. The van der Waals surface area contributed by atoms with Crippen molar-refractivity contribution >= 4 is 23.0 Å². The average molecular weight is 329 g/mol. The van der Waals surface area contributed by atoms with Crippen molar-refractivity contribution in [1.82, 2.24) is 0 Å². The van der Waals surface area contributed by atoms with Gasteiger partial charge in [0, 0.05) is 18.2 Å². The van der Waals surface area contributed by atoms with Gasteiger partial charge in [-0.15, -0.1) is 0 Å². The predicted octanol–water partition coefficient (Wildman–Crippen LogP) is 3.72. The lowest BCUT2D eigenvalue weighted by Crippen LogP contribution is -2.47. The maximum atomic E-state index is 12.6. The number of nitrogens with two attached hydrogens (primary N) is 1. The lowest BCUT2D eigenvalue weighted by atomic mass is 9.49. The fourth-order valence-electron chi connectivity index (χ4n) is 5.83. The third-order valence-corrected chi connectivity index (χ3v) is 6.21. The van der Waals surface area contributed by atoms with Crippen molar-refractivity contribution < 1.29 is 9.72 Å². The molecular formula is C18H23N3O3. The number of benzene rings is 1. The molecular weight excluding hydrogens is 306 g/mol. The van der Waals surface area contributed by atoms with E-state index in [1.165, 1.54) is 50.7 Å². The molecule has 128 valence electrons. The van der Waals surface area contributed by atoms with E-state index < -0.39 is 4.92 Å². The minimum Gasteiger partial charge on any atom is -0.393 e. The molecule has 0 radical (unpaired) electrons. The molecule has 3 N–H and O–H groups in total. The van der Waals surface area contributed by atoms with Crippen LogP contribution in [0, 0.1) is 33.3 Å². The molecule has 4 aliphatic rings. The number of nitro benzene ring substituents is 1. The average Bonchev–Trinajstić information content (AvgIpc) is 2.46. The second-order valence-corrected chi connectivity index (χ2v) is 8.17. The Kier molecular flexibility index (Phi) is 3.51.